The van der Waals surface area contributed by atoms with Gasteiger partial charge in [-0.3, -0.25) is 4.79 Å². The minimum atomic E-state index is 0.0776. The number of nitrogens with zero attached hydrogens (tertiary/aromatic N) is 5. The molecular weight excluding hydrogens is 418 g/mol. The number of thioether (sulfide) groups is 1. The van der Waals surface area contributed by atoms with E-state index in [0.29, 0.717) is 29.2 Å². The molecule has 0 radical (unpaired) electrons. The van der Waals surface area contributed by atoms with Gasteiger partial charge >= 0.3 is 0 Å². The summed E-state index contributed by atoms with van der Waals surface area (Å²) in [7, 11) is 4.03. The second-order valence-electron chi connectivity index (χ2n) is 7.77. The molecule has 1 amide bonds. The molecule has 0 saturated carbocycles. The lowest BCUT2D eigenvalue weighted by atomic mass is 10.1. The molecule has 1 aliphatic heterocycles. The summed E-state index contributed by atoms with van der Waals surface area (Å²) in [5.74, 6) is 1.23. The van der Waals surface area contributed by atoms with E-state index in [1.807, 2.05) is 55.4 Å². The molecule has 1 fully saturated rings. The highest BCUT2D eigenvalue weighted by molar-refractivity contribution is 7.99. The quantitative estimate of drug-likeness (QED) is 0.331. The van der Waals surface area contributed by atoms with Crippen molar-refractivity contribution in [2.75, 3.05) is 50.9 Å². The lowest BCUT2D eigenvalue weighted by Crippen LogP contribution is -2.37. The van der Waals surface area contributed by atoms with Crippen molar-refractivity contribution >= 4 is 35.1 Å². The molecule has 0 atom stereocenters. The molecule has 1 aliphatic rings. The van der Waals surface area contributed by atoms with Gasteiger partial charge in [-0.25, -0.2) is 9.97 Å². The third-order valence-electron chi connectivity index (χ3n) is 5.05. The Morgan fingerprint density at radius 3 is 2.53 bits per heavy atom. The predicted octanol–water partition coefficient (Wildman–Crippen LogP) is 3.80. The van der Waals surface area contributed by atoms with Crippen LogP contribution in [-0.2, 0) is 11.3 Å². The fraction of sp³-hybridized carbons (Fsp3) is 0.500. The van der Waals surface area contributed by atoms with Crippen molar-refractivity contribution in [2.24, 2.45) is 0 Å². The van der Waals surface area contributed by atoms with Crippen molar-refractivity contribution in [1.82, 2.24) is 19.8 Å². The molecule has 2 heterocycles. The number of benzene rings is 1. The Balaban J connectivity index is 1.64. The van der Waals surface area contributed by atoms with Gasteiger partial charge in [-0.05, 0) is 38.9 Å². The summed E-state index contributed by atoms with van der Waals surface area (Å²) in [6.45, 7) is 4.08. The van der Waals surface area contributed by atoms with Crippen LogP contribution in [0.1, 0.15) is 24.8 Å². The smallest absolute Gasteiger partial charge is 0.233 e. The first-order chi connectivity index (χ1) is 14.5. The van der Waals surface area contributed by atoms with Crippen molar-refractivity contribution in [2.45, 2.75) is 31.0 Å². The van der Waals surface area contributed by atoms with Crippen molar-refractivity contribution in [1.29, 1.82) is 0 Å². The number of halogens is 1. The zero-order chi connectivity index (χ0) is 21.3. The van der Waals surface area contributed by atoms with Gasteiger partial charge in [0.1, 0.15) is 11.0 Å². The SMILES string of the molecule is CN(C)CCN(Cc1ccccc1)C(=O)CSc1nc(Cl)cc(N2CCCCC2)n1. The molecule has 30 heavy (non-hydrogen) atoms. The molecule has 1 aromatic heterocycles. The highest BCUT2D eigenvalue weighted by atomic mass is 35.5. The first-order valence-corrected chi connectivity index (χ1v) is 11.8. The third-order valence-corrected chi connectivity index (χ3v) is 6.08. The van der Waals surface area contributed by atoms with Crippen LogP contribution < -0.4 is 4.90 Å². The van der Waals surface area contributed by atoms with Crippen LogP contribution in [0.15, 0.2) is 41.6 Å². The molecule has 0 bridgehead atoms. The number of aromatic nitrogens is 2. The minimum Gasteiger partial charge on any atom is -0.356 e. The minimum absolute atomic E-state index is 0.0776. The monoisotopic (exact) mass is 447 g/mol. The number of rotatable bonds is 9. The molecule has 1 saturated heterocycles. The van der Waals surface area contributed by atoms with Crippen molar-refractivity contribution in [3.8, 4) is 0 Å². The van der Waals surface area contributed by atoms with E-state index in [-0.39, 0.29) is 5.91 Å². The summed E-state index contributed by atoms with van der Waals surface area (Å²) in [6, 6.07) is 11.9. The fourth-order valence-electron chi connectivity index (χ4n) is 3.37. The molecule has 162 valence electrons. The van der Waals surface area contributed by atoms with Gasteiger partial charge in [-0.2, -0.15) is 0 Å². The van der Waals surface area contributed by atoms with Gasteiger partial charge in [-0.1, -0.05) is 53.7 Å². The fourth-order valence-corrected chi connectivity index (χ4v) is 4.35. The number of hydrogen-bond acceptors (Lipinski definition) is 6. The Hall–Kier alpha value is -1.83. The summed E-state index contributed by atoms with van der Waals surface area (Å²) < 4.78 is 0. The van der Waals surface area contributed by atoms with E-state index in [1.165, 1.54) is 31.0 Å². The standard InChI is InChI=1S/C22H30ClN5OS/c1-26(2)13-14-28(16-18-9-5-3-6-10-18)21(29)17-30-22-24-19(23)15-20(25-22)27-11-7-4-8-12-27/h3,5-6,9-10,15H,4,7-8,11-14,16-17H2,1-2H3. The summed E-state index contributed by atoms with van der Waals surface area (Å²) in [6.07, 6.45) is 3.60. The Morgan fingerprint density at radius 1 is 1.10 bits per heavy atom. The van der Waals surface area contributed by atoms with Gasteiger partial charge in [0.05, 0.1) is 5.75 Å². The first-order valence-electron chi connectivity index (χ1n) is 10.4. The van der Waals surface area contributed by atoms with Gasteiger partial charge in [0, 0.05) is 38.8 Å². The number of anilines is 1. The molecule has 3 rings (SSSR count). The van der Waals surface area contributed by atoms with Crippen LogP contribution in [0.25, 0.3) is 0 Å². The lowest BCUT2D eigenvalue weighted by Gasteiger charge is -2.28. The molecule has 8 heteroatoms. The first kappa shape index (κ1) is 22.8. The molecule has 0 N–H and O–H groups in total. The van der Waals surface area contributed by atoms with E-state index in [1.54, 1.807) is 0 Å². The number of carbonyl (C=O) groups is 1. The molecule has 2 aromatic rings. The Kier molecular flexibility index (Phi) is 8.78. The summed E-state index contributed by atoms with van der Waals surface area (Å²) >= 11 is 7.60. The van der Waals surface area contributed by atoms with E-state index >= 15 is 0 Å². The number of hydrogen-bond donors (Lipinski definition) is 0. The van der Waals surface area contributed by atoms with Gasteiger partial charge in [-0.15, -0.1) is 0 Å². The molecule has 0 unspecified atom stereocenters. The van der Waals surface area contributed by atoms with E-state index in [4.69, 9.17) is 11.6 Å². The maximum Gasteiger partial charge on any atom is 0.233 e. The lowest BCUT2D eigenvalue weighted by molar-refractivity contribution is -0.129. The largest absolute Gasteiger partial charge is 0.356 e. The highest BCUT2D eigenvalue weighted by Gasteiger charge is 2.18. The zero-order valence-corrected chi connectivity index (χ0v) is 19.3. The molecule has 0 aliphatic carbocycles. The van der Waals surface area contributed by atoms with Crippen LogP contribution in [-0.4, -0.2) is 71.7 Å². The van der Waals surface area contributed by atoms with E-state index in [9.17, 15) is 4.79 Å². The van der Waals surface area contributed by atoms with Crippen molar-refractivity contribution in [3.63, 3.8) is 0 Å². The normalized spacial score (nSPS) is 14.2. The summed E-state index contributed by atoms with van der Waals surface area (Å²) in [5.41, 5.74) is 1.13. The second kappa shape index (κ2) is 11.5. The van der Waals surface area contributed by atoms with E-state index in [2.05, 4.69) is 19.8 Å². The van der Waals surface area contributed by atoms with Gasteiger partial charge in [0.25, 0.3) is 0 Å². The van der Waals surface area contributed by atoms with Crippen LogP contribution in [0.5, 0.6) is 0 Å². The predicted molar refractivity (Wildman–Crippen MR) is 124 cm³/mol. The summed E-state index contributed by atoms with van der Waals surface area (Å²) in [4.78, 5) is 28.2. The maximum atomic E-state index is 13.0. The number of carbonyl (C=O) groups excluding carboxylic acids is 1. The Labute approximate surface area is 188 Å². The molecule has 0 spiro atoms. The number of amides is 1. The van der Waals surface area contributed by atoms with E-state index < -0.39 is 0 Å². The van der Waals surface area contributed by atoms with Crippen molar-refractivity contribution in [3.05, 3.63) is 47.1 Å². The van der Waals surface area contributed by atoms with Crippen LogP contribution in [0.2, 0.25) is 5.15 Å². The molecule has 6 nitrogen and oxygen atoms in total. The summed E-state index contributed by atoms with van der Waals surface area (Å²) in [5, 5.41) is 0.984. The number of likely N-dealkylation sites (N-methyl/N-ethyl adjacent to an activating group) is 1. The second-order valence-corrected chi connectivity index (χ2v) is 9.10. The van der Waals surface area contributed by atoms with E-state index in [0.717, 1.165) is 31.0 Å². The molecular formula is C22H30ClN5OS. The highest BCUT2D eigenvalue weighted by Crippen LogP contribution is 2.24. The average molecular weight is 448 g/mol. The topological polar surface area (TPSA) is 52.6 Å². The van der Waals surface area contributed by atoms with Gasteiger partial charge < -0.3 is 14.7 Å². The Morgan fingerprint density at radius 2 is 1.83 bits per heavy atom. The van der Waals surface area contributed by atoms with Crippen LogP contribution in [0.4, 0.5) is 5.82 Å². The van der Waals surface area contributed by atoms with Crippen LogP contribution in [0, 0.1) is 0 Å². The average Bonchev–Trinajstić information content (AvgIpc) is 2.76. The molecule has 1 aromatic carbocycles. The number of piperidine rings is 1. The van der Waals surface area contributed by atoms with Gasteiger partial charge in [0.2, 0.25) is 5.91 Å². The van der Waals surface area contributed by atoms with Gasteiger partial charge in [0.15, 0.2) is 5.16 Å². The Bertz CT molecular complexity index is 814. The van der Waals surface area contributed by atoms with Crippen LogP contribution >= 0.6 is 23.4 Å². The third kappa shape index (κ3) is 7.15. The maximum absolute atomic E-state index is 13.0. The van der Waals surface area contributed by atoms with Crippen LogP contribution in [0.3, 0.4) is 0 Å². The van der Waals surface area contributed by atoms with Crippen molar-refractivity contribution < 1.29 is 4.79 Å². The zero-order valence-electron chi connectivity index (χ0n) is 17.8.